The molecule has 0 spiro atoms. The number of imidazole rings is 1. The smallest absolute Gasteiger partial charge is 0.149 e. The van der Waals surface area contributed by atoms with Gasteiger partial charge in [-0.2, -0.15) is 0 Å². The maximum atomic E-state index is 4.97. The maximum Gasteiger partial charge on any atom is 0.149 e. The number of hydrogen-bond donors (Lipinski definition) is 1. The average molecular weight is 424 g/mol. The topological polar surface area (TPSA) is 41.0 Å². The Morgan fingerprint density at radius 3 is 2.03 bits per heavy atom. The van der Waals surface area contributed by atoms with E-state index >= 15 is 0 Å². The SMILES string of the molecule is C(=Nc1cccc2ccccc12)c1nc2c(-c3ccccc3)ccc(-c3ccccc3)c2[nH]1. The summed E-state index contributed by atoms with van der Waals surface area (Å²) < 4.78 is 0. The summed E-state index contributed by atoms with van der Waals surface area (Å²) in [4.78, 5) is 13.3. The van der Waals surface area contributed by atoms with Crippen molar-refractivity contribution in [3.63, 3.8) is 0 Å². The number of H-pyrrole nitrogens is 1. The molecule has 0 amide bonds. The molecule has 5 aromatic carbocycles. The molecule has 156 valence electrons. The third-order valence-corrected chi connectivity index (χ3v) is 5.93. The minimum atomic E-state index is 0.735. The van der Waals surface area contributed by atoms with Crippen molar-refractivity contribution < 1.29 is 0 Å². The number of nitrogens with zero attached hydrogens (tertiary/aromatic N) is 2. The van der Waals surface area contributed by atoms with E-state index in [0.717, 1.165) is 50.2 Å². The Bertz CT molecular complexity index is 1510. The molecule has 0 aliphatic rings. The van der Waals surface area contributed by atoms with Crippen LogP contribution in [-0.2, 0) is 0 Å². The standard InChI is InChI=1S/C30H21N3/c1-3-10-22(11-4-1)25-18-19-26(23-12-5-2-6-13-23)30-29(25)32-28(33-30)20-31-27-17-9-15-21-14-7-8-16-24(21)27/h1-20H,(H,32,33). The zero-order valence-corrected chi connectivity index (χ0v) is 17.9. The van der Waals surface area contributed by atoms with Gasteiger partial charge in [-0.25, -0.2) is 4.98 Å². The van der Waals surface area contributed by atoms with Gasteiger partial charge in [0.25, 0.3) is 0 Å². The summed E-state index contributed by atoms with van der Waals surface area (Å²) in [6, 6.07) is 39.6. The van der Waals surface area contributed by atoms with E-state index in [0.29, 0.717) is 0 Å². The Morgan fingerprint density at radius 1 is 0.606 bits per heavy atom. The van der Waals surface area contributed by atoms with Crippen molar-refractivity contribution in [2.75, 3.05) is 0 Å². The van der Waals surface area contributed by atoms with Crippen molar-refractivity contribution in [3.05, 3.63) is 121 Å². The van der Waals surface area contributed by atoms with Crippen LogP contribution in [-0.4, -0.2) is 16.2 Å². The van der Waals surface area contributed by atoms with E-state index in [9.17, 15) is 0 Å². The molecule has 0 bridgehead atoms. The number of aromatic nitrogens is 2. The fourth-order valence-corrected chi connectivity index (χ4v) is 4.33. The van der Waals surface area contributed by atoms with E-state index in [1.807, 2.05) is 42.6 Å². The van der Waals surface area contributed by atoms with Crippen LogP contribution in [0.1, 0.15) is 5.82 Å². The summed E-state index contributed by atoms with van der Waals surface area (Å²) in [6.07, 6.45) is 1.82. The molecule has 6 aromatic rings. The Kier molecular flexibility index (Phi) is 4.78. The van der Waals surface area contributed by atoms with Gasteiger partial charge in [0.1, 0.15) is 5.82 Å². The van der Waals surface area contributed by atoms with Crippen molar-refractivity contribution in [2.24, 2.45) is 4.99 Å². The summed E-state index contributed by atoms with van der Waals surface area (Å²) in [5, 5.41) is 2.30. The first kappa shape index (κ1) is 19.2. The lowest BCUT2D eigenvalue weighted by molar-refractivity contribution is 1.30. The Hall–Kier alpha value is -4.50. The zero-order chi connectivity index (χ0) is 22.0. The van der Waals surface area contributed by atoms with Crippen LogP contribution in [0.15, 0.2) is 120 Å². The molecule has 0 atom stereocenters. The highest BCUT2D eigenvalue weighted by Gasteiger charge is 2.13. The molecule has 3 nitrogen and oxygen atoms in total. The van der Waals surface area contributed by atoms with Gasteiger partial charge >= 0.3 is 0 Å². The van der Waals surface area contributed by atoms with Crippen molar-refractivity contribution in [1.82, 2.24) is 9.97 Å². The van der Waals surface area contributed by atoms with Crippen LogP contribution in [0.4, 0.5) is 5.69 Å². The largest absolute Gasteiger partial charge is 0.337 e. The second-order valence-electron chi connectivity index (χ2n) is 7.99. The van der Waals surface area contributed by atoms with Gasteiger partial charge in [0.05, 0.1) is 22.9 Å². The highest BCUT2D eigenvalue weighted by atomic mass is 14.9. The fraction of sp³-hybridized carbons (Fsp3) is 0. The van der Waals surface area contributed by atoms with Crippen molar-refractivity contribution in [1.29, 1.82) is 0 Å². The van der Waals surface area contributed by atoms with E-state index in [1.165, 1.54) is 5.39 Å². The lowest BCUT2D eigenvalue weighted by atomic mass is 9.98. The van der Waals surface area contributed by atoms with E-state index in [1.54, 1.807) is 0 Å². The molecule has 6 rings (SSSR count). The second-order valence-corrected chi connectivity index (χ2v) is 7.99. The number of benzene rings is 5. The van der Waals surface area contributed by atoms with E-state index < -0.39 is 0 Å². The third-order valence-electron chi connectivity index (χ3n) is 5.93. The summed E-state index contributed by atoms with van der Waals surface area (Å²) >= 11 is 0. The molecule has 0 saturated heterocycles. The normalized spacial score (nSPS) is 11.5. The summed E-state index contributed by atoms with van der Waals surface area (Å²) in [5.41, 5.74) is 7.42. The number of aromatic amines is 1. The summed E-state index contributed by atoms with van der Waals surface area (Å²) in [5.74, 6) is 0.735. The summed E-state index contributed by atoms with van der Waals surface area (Å²) in [7, 11) is 0. The highest BCUT2D eigenvalue weighted by molar-refractivity contribution is 6.03. The Morgan fingerprint density at radius 2 is 1.24 bits per heavy atom. The minimum absolute atomic E-state index is 0.735. The van der Waals surface area contributed by atoms with Gasteiger partial charge in [-0.05, 0) is 22.6 Å². The van der Waals surface area contributed by atoms with E-state index in [2.05, 4.69) is 83.8 Å². The first-order valence-corrected chi connectivity index (χ1v) is 11.0. The van der Waals surface area contributed by atoms with Crippen LogP contribution >= 0.6 is 0 Å². The molecule has 3 heteroatoms. The number of rotatable bonds is 4. The number of nitrogens with one attached hydrogen (secondary N) is 1. The third kappa shape index (κ3) is 3.60. The predicted molar refractivity (Wildman–Crippen MR) is 138 cm³/mol. The van der Waals surface area contributed by atoms with Gasteiger partial charge in [-0.1, -0.05) is 109 Å². The van der Waals surface area contributed by atoms with Gasteiger partial charge in [0, 0.05) is 16.5 Å². The van der Waals surface area contributed by atoms with Crippen LogP contribution in [0, 0.1) is 0 Å². The molecule has 0 radical (unpaired) electrons. The van der Waals surface area contributed by atoms with Gasteiger partial charge < -0.3 is 4.98 Å². The number of fused-ring (bicyclic) bond motifs is 2. The molecule has 1 aromatic heterocycles. The van der Waals surface area contributed by atoms with Crippen LogP contribution in [0.25, 0.3) is 44.1 Å². The summed E-state index contributed by atoms with van der Waals surface area (Å²) in [6.45, 7) is 0. The highest BCUT2D eigenvalue weighted by Crippen LogP contribution is 2.34. The van der Waals surface area contributed by atoms with Crippen LogP contribution < -0.4 is 0 Å². The van der Waals surface area contributed by atoms with Crippen LogP contribution in [0.5, 0.6) is 0 Å². The van der Waals surface area contributed by atoms with Crippen molar-refractivity contribution in [3.8, 4) is 22.3 Å². The van der Waals surface area contributed by atoms with Gasteiger partial charge in [0.15, 0.2) is 0 Å². The van der Waals surface area contributed by atoms with Crippen molar-refractivity contribution in [2.45, 2.75) is 0 Å². The zero-order valence-electron chi connectivity index (χ0n) is 17.9. The molecule has 0 aliphatic carbocycles. The molecule has 33 heavy (non-hydrogen) atoms. The molecular weight excluding hydrogens is 402 g/mol. The lowest BCUT2D eigenvalue weighted by Gasteiger charge is -2.07. The molecule has 1 N–H and O–H groups in total. The predicted octanol–water partition coefficient (Wildman–Crippen LogP) is 7.80. The van der Waals surface area contributed by atoms with Gasteiger partial charge in [-0.3, -0.25) is 4.99 Å². The molecule has 0 saturated carbocycles. The first-order valence-electron chi connectivity index (χ1n) is 11.0. The maximum absolute atomic E-state index is 4.97. The fourth-order valence-electron chi connectivity index (χ4n) is 4.33. The molecule has 0 aliphatic heterocycles. The van der Waals surface area contributed by atoms with Crippen molar-refractivity contribution >= 4 is 33.7 Å². The Labute approximate surface area is 192 Å². The van der Waals surface area contributed by atoms with Gasteiger partial charge in [-0.15, -0.1) is 0 Å². The van der Waals surface area contributed by atoms with Gasteiger partial charge in [0.2, 0.25) is 0 Å². The second kappa shape index (κ2) is 8.21. The molecule has 0 fully saturated rings. The van der Waals surface area contributed by atoms with E-state index in [-0.39, 0.29) is 0 Å². The monoisotopic (exact) mass is 423 g/mol. The number of hydrogen-bond acceptors (Lipinski definition) is 2. The first-order chi connectivity index (χ1) is 16.4. The molecule has 1 heterocycles. The van der Waals surface area contributed by atoms with E-state index in [4.69, 9.17) is 9.98 Å². The Balaban J connectivity index is 1.51. The quantitative estimate of drug-likeness (QED) is 0.289. The molecule has 0 unspecified atom stereocenters. The minimum Gasteiger partial charge on any atom is -0.337 e. The number of aliphatic imine (C=N–C) groups is 1. The average Bonchev–Trinajstić information content (AvgIpc) is 3.32. The lowest BCUT2D eigenvalue weighted by Crippen LogP contribution is -1.85. The molecular formula is C30H21N3. The van der Waals surface area contributed by atoms with Crippen LogP contribution in [0.3, 0.4) is 0 Å². The van der Waals surface area contributed by atoms with Crippen LogP contribution in [0.2, 0.25) is 0 Å².